The van der Waals surface area contributed by atoms with Crippen LogP contribution in [0.3, 0.4) is 0 Å². The fraction of sp³-hybridized carbons (Fsp3) is 0.294. The lowest BCUT2D eigenvalue weighted by Gasteiger charge is -2.06. The number of carbonyl (C=O) groups is 2. The first-order valence-electron chi connectivity index (χ1n) is 7.39. The summed E-state index contributed by atoms with van der Waals surface area (Å²) in [4.78, 5) is 22.1. The van der Waals surface area contributed by atoms with E-state index in [4.69, 9.17) is 14.3 Å². The summed E-state index contributed by atoms with van der Waals surface area (Å²) >= 11 is 0. The number of hydrogen-bond donors (Lipinski definition) is 2. The van der Waals surface area contributed by atoms with Gasteiger partial charge in [-0.25, -0.2) is 4.79 Å². The Morgan fingerprint density at radius 1 is 1.26 bits per heavy atom. The average molecular weight is 317 g/mol. The van der Waals surface area contributed by atoms with Crippen LogP contribution < -0.4 is 5.32 Å². The van der Waals surface area contributed by atoms with Crippen molar-refractivity contribution in [3.05, 3.63) is 53.5 Å². The molecule has 122 valence electrons. The van der Waals surface area contributed by atoms with E-state index in [2.05, 4.69) is 5.32 Å². The van der Waals surface area contributed by atoms with Crippen LogP contribution in [0.5, 0.6) is 0 Å². The third-order valence-electron chi connectivity index (χ3n) is 3.16. The van der Waals surface area contributed by atoms with Crippen molar-refractivity contribution < 1.29 is 23.8 Å². The van der Waals surface area contributed by atoms with Crippen molar-refractivity contribution in [2.75, 3.05) is 11.9 Å². The molecule has 0 spiro atoms. The van der Waals surface area contributed by atoms with Gasteiger partial charge in [0.25, 0.3) is 0 Å². The summed E-state index contributed by atoms with van der Waals surface area (Å²) in [5, 5.41) is 11.9. The molecule has 2 aromatic rings. The molecule has 0 atom stereocenters. The molecule has 0 aliphatic carbocycles. The van der Waals surface area contributed by atoms with Crippen molar-refractivity contribution in [2.24, 2.45) is 0 Å². The van der Waals surface area contributed by atoms with Crippen LogP contribution in [0.2, 0.25) is 0 Å². The molecule has 1 heterocycles. The fourth-order valence-electron chi connectivity index (χ4n) is 2.06. The van der Waals surface area contributed by atoms with Gasteiger partial charge in [0.15, 0.2) is 0 Å². The minimum absolute atomic E-state index is 0.102. The zero-order valence-electron chi connectivity index (χ0n) is 12.9. The topological polar surface area (TPSA) is 88.8 Å². The Kier molecular flexibility index (Phi) is 5.80. The Balaban J connectivity index is 1.92. The van der Waals surface area contributed by atoms with E-state index in [1.807, 2.05) is 24.3 Å². The summed E-state index contributed by atoms with van der Waals surface area (Å²) in [6.45, 7) is 2.46. The lowest BCUT2D eigenvalue weighted by molar-refractivity contribution is -0.136. The number of rotatable bonds is 8. The molecule has 1 aromatic carbocycles. The van der Waals surface area contributed by atoms with E-state index in [1.165, 1.54) is 0 Å². The number of furan rings is 1. The van der Waals surface area contributed by atoms with Crippen molar-refractivity contribution in [3.63, 3.8) is 0 Å². The third-order valence-corrected chi connectivity index (χ3v) is 3.16. The number of benzene rings is 1. The lowest BCUT2D eigenvalue weighted by Crippen LogP contribution is -2.03. The van der Waals surface area contributed by atoms with Crippen molar-refractivity contribution in [2.45, 2.75) is 26.3 Å². The predicted octanol–water partition coefficient (Wildman–Crippen LogP) is 3.09. The zero-order chi connectivity index (χ0) is 16.7. The van der Waals surface area contributed by atoms with Crippen LogP contribution in [0.25, 0.3) is 0 Å². The highest BCUT2D eigenvalue weighted by Gasteiger charge is 2.11. The number of carboxylic acids is 1. The van der Waals surface area contributed by atoms with Gasteiger partial charge in [-0.15, -0.1) is 0 Å². The molecule has 0 saturated carbocycles. The molecule has 0 aliphatic heterocycles. The highest BCUT2D eigenvalue weighted by Crippen LogP contribution is 2.15. The average Bonchev–Trinajstić information content (AvgIpc) is 3.01. The summed E-state index contributed by atoms with van der Waals surface area (Å²) in [5.41, 5.74) is 1.81. The summed E-state index contributed by atoms with van der Waals surface area (Å²) in [7, 11) is 0. The van der Waals surface area contributed by atoms with Crippen molar-refractivity contribution >= 4 is 17.6 Å². The molecule has 0 radical (unpaired) electrons. The zero-order valence-corrected chi connectivity index (χ0v) is 12.9. The lowest BCUT2D eigenvalue weighted by atomic mass is 10.1. The van der Waals surface area contributed by atoms with Gasteiger partial charge in [-0.05, 0) is 43.2 Å². The second-order valence-electron chi connectivity index (χ2n) is 4.93. The van der Waals surface area contributed by atoms with E-state index in [0.717, 1.165) is 11.3 Å². The van der Waals surface area contributed by atoms with Gasteiger partial charge in [-0.1, -0.05) is 12.1 Å². The maximum atomic E-state index is 11.5. The van der Waals surface area contributed by atoms with Crippen LogP contribution >= 0.6 is 0 Å². The molecule has 0 bridgehead atoms. The van der Waals surface area contributed by atoms with Gasteiger partial charge in [-0.2, -0.15) is 0 Å². The summed E-state index contributed by atoms with van der Waals surface area (Å²) in [6.07, 6.45) is 0.586. The number of anilines is 1. The maximum Gasteiger partial charge on any atom is 0.374 e. The number of hydrogen-bond acceptors (Lipinski definition) is 5. The second-order valence-corrected chi connectivity index (χ2v) is 4.93. The second kappa shape index (κ2) is 8.03. The van der Waals surface area contributed by atoms with Crippen LogP contribution in [0, 0.1) is 0 Å². The number of carboxylic acid groups (broad SMARTS) is 1. The monoisotopic (exact) mass is 317 g/mol. The molecule has 23 heavy (non-hydrogen) atoms. The molecule has 1 aromatic heterocycles. The van der Waals surface area contributed by atoms with Crippen molar-refractivity contribution in [1.82, 2.24) is 0 Å². The van der Waals surface area contributed by atoms with Gasteiger partial charge < -0.3 is 19.6 Å². The first kappa shape index (κ1) is 16.6. The minimum atomic E-state index is -0.814. The largest absolute Gasteiger partial charge is 0.481 e. The first-order chi connectivity index (χ1) is 11.1. The highest BCUT2D eigenvalue weighted by atomic mass is 16.5. The SMILES string of the molecule is CCOC(=O)c1ccc(CNc2cccc(CCC(=O)O)c2)o1. The number of ether oxygens (including phenoxy) is 1. The van der Waals surface area contributed by atoms with Gasteiger partial charge in [0.2, 0.25) is 5.76 Å². The standard InChI is InChI=1S/C17H19NO5/c1-2-22-17(21)15-8-7-14(23-15)11-18-13-5-3-4-12(10-13)6-9-16(19)20/h3-5,7-8,10,18H,2,6,9,11H2,1H3,(H,19,20). The molecule has 0 fully saturated rings. The minimum Gasteiger partial charge on any atom is -0.481 e. The van der Waals surface area contributed by atoms with E-state index < -0.39 is 11.9 Å². The van der Waals surface area contributed by atoms with Crippen molar-refractivity contribution in [3.8, 4) is 0 Å². The molecular weight excluding hydrogens is 298 g/mol. The van der Waals surface area contributed by atoms with Gasteiger partial charge in [0.05, 0.1) is 13.2 Å². The van der Waals surface area contributed by atoms with Crippen molar-refractivity contribution in [1.29, 1.82) is 0 Å². The number of aryl methyl sites for hydroxylation is 1. The first-order valence-corrected chi connectivity index (χ1v) is 7.39. The Labute approximate surface area is 134 Å². The smallest absolute Gasteiger partial charge is 0.374 e. The summed E-state index contributed by atoms with van der Waals surface area (Å²) in [6, 6.07) is 10.8. The predicted molar refractivity (Wildman–Crippen MR) is 84.4 cm³/mol. The van der Waals surface area contributed by atoms with Crippen LogP contribution in [-0.2, 0) is 22.5 Å². The van der Waals surface area contributed by atoms with Crippen LogP contribution in [0.15, 0.2) is 40.8 Å². The fourth-order valence-corrected chi connectivity index (χ4v) is 2.06. The Morgan fingerprint density at radius 2 is 2.09 bits per heavy atom. The summed E-state index contributed by atoms with van der Waals surface area (Å²) < 4.78 is 10.3. The Morgan fingerprint density at radius 3 is 2.83 bits per heavy atom. The molecule has 0 amide bonds. The van der Waals surface area contributed by atoms with Crippen LogP contribution in [0.4, 0.5) is 5.69 Å². The highest BCUT2D eigenvalue weighted by molar-refractivity contribution is 5.86. The molecule has 6 nitrogen and oxygen atoms in total. The molecule has 6 heteroatoms. The Bertz CT molecular complexity index is 677. The van der Waals surface area contributed by atoms with Crippen LogP contribution in [0.1, 0.15) is 35.2 Å². The van der Waals surface area contributed by atoms with Gasteiger partial charge in [0.1, 0.15) is 5.76 Å². The maximum absolute atomic E-state index is 11.5. The van der Waals surface area contributed by atoms with E-state index >= 15 is 0 Å². The number of carbonyl (C=O) groups excluding carboxylic acids is 1. The van der Waals surface area contributed by atoms with Gasteiger partial charge >= 0.3 is 11.9 Å². The van der Waals surface area contributed by atoms with E-state index in [0.29, 0.717) is 25.3 Å². The molecule has 2 rings (SSSR count). The van der Waals surface area contributed by atoms with Gasteiger partial charge in [0, 0.05) is 12.1 Å². The Hall–Kier alpha value is -2.76. The van der Waals surface area contributed by atoms with E-state index in [9.17, 15) is 9.59 Å². The normalized spacial score (nSPS) is 10.3. The molecule has 0 saturated heterocycles. The molecule has 0 unspecified atom stereocenters. The number of nitrogens with one attached hydrogen (secondary N) is 1. The quantitative estimate of drug-likeness (QED) is 0.727. The molecular formula is C17H19NO5. The van der Waals surface area contributed by atoms with E-state index in [1.54, 1.807) is 19.1 Å². The van der Waals surface area contributed by atoms with Crippen LogP contribution in [-0.4, -0.2) is 23.7 Å². The molecule has 0 aliphatic rings. The number of esters is 1. The number of aliphatic carboxylic acids is 1. The summed E-state index contributed by atoms with van der Waals surface area (Å²) in [5.74, 6) is -0.497. The van der Waals surface area contributed by atoms with Gasteiger partial charge in [-0.3, -0.25) is 4.79 Å². The van der Waals surface area contributed by atoms with E-state index in [-0.39, 0.29) is 12.2 Å². The molecule has 2 N–H and O–H groups in total. The third kappa shape index (κ3) is 5.18.